The molecule has 1 saturated carbocycles. The van der Waals surface area contributed by atoms with Gasteiger partial charge in [0.15, 0.2) is 5.60 Å². The molecular weight excluding hydrogens is 180 g/mol. The van der Waals surface area contributed by atoms with Crippen LogP contribution in [0.5, 0.6) is 0 Å². The third-order valence-corrected chi connectivity index (χ3v) is 2.62. The van der Waals surface area contributed by atoms with Crippen LogP contribution in [0.1, 0.15) is 6.42 Å². The highest BCUT2D eigenvalue weighted by molar-refractivity contribution is 5.79. The van der Waals surface area contributed by atoms with E-state index in [1.165, 1.54) is 0 Å². The van der Waals surface area contributed by atoms with Gasteiger partial charge in [-0.25, -0.2) is 4.79 Å². The van der Waals surface area contributed by atoms with Crippen molar-refractivity contribution in [1.29, 1.82) is 0 Å². The monoisotopic (exact) mass is 190 g/mol. The molecule has 1 aliphatic carbocycles. The number of hydrogen-bond acceptors (Lipinski definition) is 5. The molecule has 5 atom stereocenters. The van der Waals surface area contributed by atoms with E-state index < -0.39 is 42.4 Å². The summed E-state index contributed by atoms with van der Waals surface area (Å²) in [5, 5.41) is 36.7. The van der Waals surface area contributed by atoms with E-state index in [9.17, 15) is 20.1 Å². The molecule has 0 amide bonds. The Balaban J connectivity index is 2.21. The normalized spacial score (nSPS) is 54.1. The van der Waals surface area contributed by atoms with Crippen LogP contribution in [-0.4, -0.2) is 56.4 Å². The van der Waals surface area contributed by atoms with Crippen LogP contribution >= 0.6 is 0 Å². The Hall–Kier alpha value is -0.690. The van der Waals surface area contributed by atoms with Crippen LogP contribution in [0, 0.1) is 0 Å². The van der Waals surface area contributed by atoms with Gasteiger partial charge in [-0.3, -0.25) is 0 Å². The number of fused-ring (bicyclic) bond motifs is 1. The molecule has 1 aliphatic heterocycles. The summed E-state index contributed by atoms with van der Waals surface area (Å²) in [7, 11) is 0. The highest BCUT2D eigenvalue weighted by Crippen LogP contribution is 2.43. The first-order valence-electron chi connectivity index (χ1n) is 3.94. The van der Waals surface area contributed by atoms with Crippen molar-refractivity contribution < 1.29 is 30.0 Å². The zero-order valence-electron chi connectivity index (χ0n) is 6.62. The van der Waals surface area contributed by atoms with E-state index in [1.807, 2.05) is 0 Å². The van der Waals surface area contributed by atoms with Crippen molar-refractivity contribution in [2.24, 2.45) is 0 Å². The van der Waals surface area contributed by atoms with Crippen molar-refractivity contribution in [1.82, 2.24) is 0 Å². The Bertz CT molecular complexity index is 251. The number of hydrogen-bond donors (Lipinski definition) is 4. The fourth-order valence-electron chi connectivity index (χ4n) is 1.75. The van der Waals surface area contributed by atoms with Crippen molar-refractivity contribution in [3.8, 4) is 0 Å². The zero-order valence-corrected chi connectivity index (χ0v) is 6.62. The largest absolute Gasteiger partial charge is 0.479 e. The zero-order chi connectivity index (χ0) is 9.80. The van der Waals surface area contributed by atoms with Crippen LogP contribution in [0.2, 0.25) is 0 Å². The Morgan fingerprint density at radius 1 is 1.46 bits per heavy atom. The maximum absolute atomic E-state index is 10.6. The third kappa shape index (κ3) is 1.07. The molecule has 0 radical (unpaired) electrons. The van der Waals surface area contributed by atoms with Gasteiger partial charge in [0.1, 0.15) is 18.3 Å². The number of ether oxygens (including phenoxy) is 1. The number of aliphatic hydroxyl groups is 3. The molecular formula is C7H10O6. The highest BCUT2D eigenvalue weighted by atomic mass is 16.6. The lowest BCUT2D eigenvalue weighted by Gasteiger charge is -2.30. The van der Waals surface area contributed by atoms with Crippen LogP contribution in [0.4, 0.5) is 0 Å². The molecule has 6 nitrogen and oxygen atoms in total. The number of epoxide rings is 1. The van der Waals surface area contributed by atoms with Gasteiger partial charge in [-0.1, -0.05) is 0 Å². The maximum atomic E-state index is 10.6. The number of carboxylic acid groups (broad SMARTS) is 1. The molecule has 0 aromatic carbocycles. The summed E-state index contributed by atoms with van der Waals surface area (Å²) in [5.41, 5.74) is -2.05. The lowest BCUT2D eigenvalue weighted by Crippen LogP contribution is -2.55. The van der Waals surface area contributed by atoms with E-state index in [1.54, 1.807) is 0 Å². The predicted molar refractivity (Wildman–Crippen MR) is 37.9 cm³/mol. The second kappa shape index (κ2) is 2.42. The lowest BCUT2D eigenvalue weighted by molar-refractivity contribution is -0.168. The van der Waals surface area contributed by atoms with E-state index in [4.69, 9.17) is 9.84 Å². The van der Waals surface area contributed by atoms with Gasteiger partial charge in [-0.2, -0.15) is 0 Å². The van der Waals surface area contributed by atoms with Crippen LogP contribution in [0.15, 0.2) is 0 Å². The molecule has 13 heavy (non-hydrogen) atoms. The van der Waals surface area contributed by atoms with Crippen molar-refractivity contribution in [3.05, 3.63) is 0 Å². The molecule has 0 unspecified atom stereocenters. The van der Waals surface area contributed by atoms with Gasteiger partial charge in [0.25, 0.3) is 0 Å². The van der Waals surface area contributed by atoms with E-state index in [2.05, 4.69) is 0 Å². The van der Waals surface area contributed by atoms with Crippen LogP contribution in [0.3, 0.4) is 0 Å². The molecule has 0 aromatic rings. The third-order valence-electron chi connectivity index (χ3n) is 2.62. The number of carbonyl (C=O) groups is 1. The summed E-state index contributed by atoms with van der Waals surface area (Å²) in [5.74, 6) is -1.43. The first kappa shape index (κ1) is 8.89. The average Bonchev–Trinajstić information content (AvgIpc) is 2.79. The van der Waals surface area contributed by atoms with Gasteiger partial charge in [0.2, 0.25) is 0 Å². The van der Waals surface area contributed by atoms with Gasteiger partial charge < -0.3 is 25.2 Å². The molecule has 2 aliphatic rings. The fraction of sp³-hybridized carbons (Fsp3) is 0.857. The molecule has 0 spiro atoms. The molecule has 0 bridgehead atoms. The van der Waals surface area contributed by atoms with E-state index in [-0.39, 0.29) is 0 Å². The maximum Gasteiger partial charge on any atom is 0.338 e. The second-order valence-corrected chi connectivity index (χ2v) is 3.51. The minimum Gasteiger partial charge on any atom is -0.479 e. The number of aliphatic carboxylic acids is 1. The summed E-state index contributed by atoms with van der Waals surface area (Å²) >= 11 is 0. The summed E-state index contributed by atoms with van der Waals surface area (Å²) in [4.78, 5) is 10.6. The van der Waals surface area contributed by atoms with E-state index in [0.717, 1.165) is 0 Å². The molecule has 2 fully saturated rings. The molecule has 4 N–H and O–H groups in total. The number of rotatable bonds is 1. The first-order valence-corrected chi connectivity index (χ1v) is 3.94. The molecule has 74 valence electrons. The summed E-state index contributed by atoms with van der Waals surface area (Å²) in [6.45, 7) is 0. The highest BCUT2D eigenvalue weighted by Gasteiger charge is 2.66. The Labute approximate surface area is 73.4 Å². The first-order chi connectivity index (χ1) is 5.97. The van der Waals surface area contributed by atoms with Crippen LogP contribution in [-0.2, 0) is 9.53 Å². The quantitative estimate of drug-likeness (QED) is 0.346. The number of carboxylic acids is 1. The molecule has 6 heteroatoms. The molecule has 2 rings (SSSR count). The van der Waals surface area contributed by atoms with Crippen molar-refractivity contribution in [2.75, 3.05) is 0 Å². The minimum atomic E-state index is -2.05. The van der Waals surface area contributed by atoms with E-state index in [0.29, 0.717) is 0 Å². The lowest BCUT2D eigenvalue weighted by atomic mass is 9.81. The van der Waals surface area contributed by atoms with E-state index >= 15 is 0 Å². The SMILES string of the molecule is O=C(O)[C@@]1(O)C[C@@H](O)[C@H](O)[C@@H]2O[C@@H]21. The van der Waals surface area contributed by atoms with Crippen LogP contribution in [0.25, 0.3) is 0 Å². The summed E-state index contributed by atoms with van der Waals surface area (Å²) in [6, 6.07) is 0. The summed E-state index contributed by atoms with van der Waals surface area (Å²) < 4.78 is 4.80. The predicted octanol–water partition coefficient (Wildman–Crippen LogP) is -2.30. The Morgan fingerprint density at radius 2 is 2.08 bits per heavy atom. The van der Waals surface area contributed by atoms with Crippen molar-refractivity contribution >= 4 is 5.97 Å². The average molecular weight is 190 g/mol. The number of aliphatic hydroxyl groups excluding tert-OH is 2. The topological polar surface area (TPSA) is 111 Å². The molecule has 1 heterocycles. The Kier molecular flexibility index (Phi) is 1.65. The van der Waals surface area contributed by atoms with Crippen molar-refractivity contribution in [2.45, 2.75) is 36.4 Å². The molecule has 1 saturated heterocycles. The molecule has 0 aromatic heterocycles. The van der Waals surface area contributed by atoms with Gasteiger partial charge in [-0.15, -0.1) is 0 Å². The standard InChI is InChI=1S/C7H10O6/c8-2-1-7(12,6(10)11)5-4(13-5)3(2)9/h2-5,8-9,12H,1H2,(H,10,11)/t2-,3+,4+,5+,7-/m1/s1. The summed E-state index contributed by atoms with van der Waals surface area (Å²) in [6.07, 6.45) is -4.37. The van der Waals surface area contributed by atoms with Crippen LogP contribution < -0.4 is 0 Å². The Morgan fingerprint density at radius 3 is 2.62 bits per heavy atom. The van der Waals surface area contributed by atoms with Gasteiger partial charge in [0.05, 0.1) is 6.10 Å². The van der Waals surface area contributed by atoms with Gasteiger partial charge in [-0.05, 0) is 0 Å². The van der Waals surface area contributed by atoms with Gasteiger partial charge in [0, 0.05) is 6.42 Å². The fourth-order valence-corrected chi connectivity index (χ4v) is 1.75. The van der Waals surface area contributed by atoms with Gasteiger partial charge >= 0.3 is 5.97 Å². The second-order valence-electron chi connectivity index (χ2n) is 3.51. The minimum absolute atomic E-state index is 0.398. The smallest absolute Gasteiger partial charge is 0.338 e. The van der Waals surface area contributed by atoms with Crippen molar-refractivity contribution in [3.63, 3.8) is 0 Å².